The Bertz CT molecular complexity index is 601. The van der Waals surface area contributed by atoms with E-state index in [9.17, 15) is 0 Å². The maximum Gasteiger partial charge on any atom is 0.0998 e. The predicted octanol–water partition coefficient (Wildman–Crippen LogP) is 3.28. The molecule has 1 unspecified atom stereocenters. The number of aliphatic hydroxyl groups is 1. The highest BCUT2D eigenvalue weighted by Crippen LogP contribution is 2.27. The molecule has 0 aliphatic carbocycles. The maximum absolute atomic E-state index is 9.13. The molecule has 2 N–H and O–H groups in total. The highest BCUT2D eigenvalue weighted by molar-refractivity contribution is 5.97. The second-order valence-corrected chi connectivity index (χ2v) is 4.73. The van der Waals surface area contributed by atoms with Crippen molar-refractivity contribution < 1.29 is 5.11 Å². The van der Waals surface area contributed by atoms with Gasteiger partial charge in [0.25, 0.3) is 0 Å². The summed E-state index contributed by atoms with van der Waals surface area (Å²) in [6.07, 6.45) is 1.72. The number of nitrogens with zero attached hydrogens (tertiary/aromatic N) is 1. The molecule has 19 heavy (non-hydrogen) atoms. The van der Waals surface area contributed by atoms with Crippen LogP contribution in [0.5, 0.6) is 0 Å². The first-order valence-electron chi connectivity index (χ1n) is 6.55. The van der Waals surface area contributed by atoms with E-state index >= 15 is 0 Å². The number of fused-ring (bicyclic) bond motifs is 1. The van der Waals surface area contributed by atoms with Crippen LogP contribution in [-0.2, 0) is 0 Å². The quantitative estimate of drug-likeness (QED) is 0.860. The zero-order valence-electron chi connectivity index (χ0n) is 11.1. The monoisotopic (exact) mass is 254 g/mol. The molecule has 98 valence electrons. The zero-order valence-corrected chi connectivity index (χ0v) is 11.1. The van der Waals surface area contributed by atoms with E-state index in [4.69, 9.17) is 10.4 Å². The topological polar surface area (TPSA) is 56.0 Å². The average molecular weight is 254 g/mol. The lowest BCUT2D eigenvalue weighted by molar-refractivity contribution is 0.282. The van der Waals surface area contributed by atoms with Crippen LogP contribution < -0.4 is 5.32 Å². The lowest BCUT2D eigenvalue weighted by Crippen LogP contribution is -2.15. The summed E-state index contributed by atoms with van der Waals surface area (Å²) in [6, 6.07) is 14.2. The van der Waals surface area contributed by atoms with E-state index in [-0.39, 0.29) is 6.61 Å². The van der Waals surface area contributed by atoms with Crippen LogP contribution in [-0.4, -0.2) is 17.8 Å². The Morgan fingerprint density at radius 2 is 1.95 bits per heavy atom. The third-order valence-electron chi connectivity index (χ3n) is 3.24. The largest absolute Gasteiger partial charge is 0.396 e. The maximum atomic E-state index is 9.13. The molecule has 0 radical (unpaired) electrons. The van der Waals surface area contributed by atoms with E-state index < -0.39 is 0 Å². The van der Waals surface area contributed by atoms with E-state index in [1.165, 1.54) is 0 Å². The van der Waals surface area contributed by atoms with Gasteiger partial charge in [-0.25, -0.2) is 0 Å². The Balaban J connectivity index is 2.32. The molecule has 2 aromatic rings. The van der Waals surface area contributed by atoms with Gasteiger partial charge in [0.1, 0.15) is 0 Å². The van der Waals surface area contributed by atoms with Crippen LogP contribution in [0.25, 0.3) is 10.8 Å². The molecular formula is C16H18N2O. The van der Waals surface area contributed by atoms with E-state index in [1.54, 1.807) is 0 Å². The van der Waals surface area contributed by atoms with Crippen molar-refractivity contribution in [3.8, 4) is 6.07 Å². The molecule has 3 heteroatoms. The van der Waals surface area contributed by atoms with Gasteiger partial charge in [-0.2, -0.15) is 5.26 Å². The van der Waals surface area contributed by atoms with Crippen LogP contribution in [0.1, 0.15) is 25.3 Å². The van der Waals surface area contributed by atoms with Crippen LogP contribution in [0.4, 0.5) is 5.69 Å². The van der Waals surface area contributed by atoms with Gasteiger partial charge in [0.05, 0.1) is 11.6 Å². The highest BCUT2D eigenvalue weighted by atomic mass is 16.2. The van der Waals surface area contributed by atoms with Crippen LogP contribution in [0.2, 0.25) is 0 Å². The Morgan fingerprint density at radius 3 is 2.63 bits per heavy atom. The molecule has 0 heterocycles. The Labute approximate surface area is 113 Å². The van der Waals surface area contributed by atoms with Crippen molar-refractivity contribution in [3.05, 3.63) is 42.0 Å². The van der Waals surface area contributed by atoms with E-state index in [0.717, 1.165) is 29.3 Å². The summed E-state index contributed by atoms with van der Waals surface area (Å²) in [5, 5.41) is 23.5. The molecule has 2 rings (SSSR count). The lowest BCUT2D eigenvalue weighted by Gasteiger charge is -2.17. The number of nitrogens with one attached hydrogen (secondary N) is 1. The van der Waals surface area contributed by atoms with Crippen molar-refractivity contribution in [2.24, 2.45) is 0 Å². The minimum Gasteiger partial charge on any atom is -0.396 e. The molecule has 0 aliphatic rings. The second-order valence-electron chi connectivity index (χ2n) is 4.73. The fourth-order valence-corrected chi connectivity index (χ4v) is 2.26. The standard InChI is InChI=1S/C16H18N2O/c1-12(5-4-10-19)18-16-9-8-13(11-17)14-6-2-3-7-15(14)16/h2-3,6-9,12,18-19H,4-5,10H2,1H3. The zero-order chi connectivity index (χ0) is 13.7. The summed E-state index contributed by atoms with van der Waals surface area (Å²) in [5.74, 6) is 0. The first-order valence-corrected chi connectivity index (χ1v) is 6.55. The van der Waals surface area contributed by atoms with Crippen molar-refractivity contribution >= 4 is 16.5 Å². The van der Waals surface area contributed by atoms with Gasteiger partial charge >= 0.3 is 0 Å². The molecule has 0 saturated heterocycles. The summed E-state index contributed by atoms with van der Waals surface area (Å²) in [6.45, 7) is 2.32. The number of hydrogen-bond donors (Lipinski definition) is 2. The molecule has 0 saturated carbocycles. The van der Waals surface area contributed by atoms with Crippen molar-refractivity contribution in [1.29, 1.82) is 5.26 Å². The summed E-state index contributed by atoms with van der Waals surface area (Å²) in [4.78, 5) is 0. The molecule has 0 bridgehead atoms. The van der Waals surface area contributed by atoms with E-state index in [0.29, 0.717) is 11.6 Å². The number of nitriles is 1. The molecule has 1 atom stereocenters. The van der Waals surface area contributed by atoms with Crippen LogP contribution in [0.15, 0.2) is 36.4 Å². The number of aliphatic hydroxyl groups excluding tert-OH is 1. The number of rotatable bonds is 5. The summed E-state index contributed by atoms with van der Waals surface area (Å²) in [7, 11) is 0. The second kappa shape index (κ2) is 6.21. The van der Waals surface area contributed by atoms with Gasteiger partial charge in [0.2, 0.25) is 0 Å². The highest BCUT2D eigenvalue weighted by Gasteiger charge is 2.07. The Hall–Kier alpha value is -2.05. The summed E-state index contributed by atoms with van der Waals surface area (Å²) in [5.41, 5.74) is 1.74. The molecule has 0 spiro atoms. The molecular weight excluding hydrogens is 236 g/mol. The average Bonchev–Trinajstić information content (AvgIpc) is 2.45. The van der Waals surface area contributed by atoms with Crippen LogP contribution in [0, 0.1) is 11.3 Å². The molecule has 0 aliphatic heterocycles. The number of hydrogen-bond acceptors (Lipinski definition) is 3. The molecule has 0 fully saturated rings. The van der Waals surface area contributed by atoms with Gasteiger partial charge in [-0.15, -0.1) is 0 Å². The Morgan fingerprint density at radius 1 is 1.21 bits per heavy atom. The van der Waals surface area contributed by atoms with E-state index in [1.807, 2.05) is 36.4 Å². The smallest absolute Gasteiger partial charge is 0.0998 e. The molecule has 0 amide bonds. The van der Waals surface area contributed by atoms with Gasteiger partial charge in [0.15, 0.2) is 0 Å². The van der Waals surface area contributed by atoms with Gasteiger partial charge in [-0.05, 0) is 31.9 Å². The van der Waals surface area contributed by atoms with Gasteiger partial charge in [-0.1, -0.05) is 24.3 Å². The van der Waals surface area contributed by atoms with Crippen molar-refractivity contribution in [3.63, 3.8) is 0 Å². The van der Waals surface area contributed by atoms with E-state index in [2.05, 4.69) is 18.3 Å². The minimum atomic E-state index is 0.222. The normalized spacial score (nSPS) is 12.1. The van der Waals surface area contributed by atoms with Gasteiger partial charge in [-0.3, -0.25) is 0 Å². The number of benzene rings is 2. The predicted molar refractivity (Wildman–Crippen MR) is 78.1 cm³/mol. The fraction of sp³-hybridized carbons (Fsp3) is 0.312. The third-order valence-corrected chi connectivity index (χ3v) is 3.24. The van der Waals surface area contributed by atoms with Crippen LogP contribution in [0.3, 0.4) is 0 Å². The molecule has 3 nitrogen and oxygen atoms in total. The third kappa shape index (κ3) is 3.04. The number of anilines is 1. The van der Waals surface area contributed by atoms with Crippen molar-refractivity contribution in [2.75, 3.05) is 11.9 Å². The lowest BCUT2D eigenvalue weighted by atomic mass is 10.0. The molecule has 0 aromatic heterocycles. The first-order chi connectivity index (χ1) is 9.26. The fourth-order valence-electron chi connectivity index (χ4n) is 2.26. The van der Waals surface area contributed by atoms with Crippen LogP contribution >= 0.6 is 0 Å². The first kappa shape index (κ1) is 13.4. The Kier molecular flexibility index (Phi) is 4.38. The van der Waals surface area contributed by atoms with Gasteiger partial charge < -0.3 is 10.4 Å². The van der Waals surface area contributed by atoms with Crippen molar-refractivity contribution in [2.45, 2.75) is 25.8 Å². The summed E-state index contributed by atoms with van der Waals surface area (Å²) >= 11 is 0. The minimum absolute atomic E-state index is 0.222. The molecule has 2 aromatic carbocycles. The summed E-state index contributed by atoms with van der Waals surface area (Å²) < 4.78 is 0. The SMILES string of the molecule is CC(CCCO)Nc1ccc(C#N)c2ccccc12. The van der Waals surface area contributed by atoms with Gasteiger partial charge in [0, 0.05) is 29.1 Å². The van der Waals surface area contributed by atoms with Crippen molar-refractivity contribution in [1.82, 2.24) is 0 Å².